The number of anilines is 1. The largest absolute Gasteiger partial charge is 0.481 e. The van der Waals surface area contributed by atoms with Crippen molar-refractivity contribution in [3.63, 3.8) is 0 Å². The van der Waals surface area contributed by atoms with Gasteiger partial charge in [0.2, 0.25) is 15.9 Å². The van der Waals surface area contributed by atoms with Crippen molar-refractivity contribution >= 4 is 27.6 Å². The Morgan fingerprint density at radius 3 is 2.40 bits per heavy atom. The molecule has 2 N–H and O–H groups in total. The van der Waals surface area contributed by atoms with Crippen LogP contribution in [0, 0.1) is 11.6 Å². The number of carboxylic acids is 1. The highest BCUT2D eigenvalue weighted by atomic mass is 32.2. The Bertz CT molecular complexity index is 1100. The quantitative estimate of drug-likeness (QED) is 0.722. The number of carboxylic acid groups (broad SMARTS) is 1. The van der Waals surface area contributed by atoms with Gasteiger partial charge in [-0.25, -0.2) is 21.9 Å². The third kappa shape index (κ3) is 4.49. The maximum Gasteiger partial charge on any atom is 0.305 e. The lowest BCUT2D eigenvalue weighted by Gasteiger charge is -2.21. The lowest BCUT2D eigenvalue weighted by atomic mass is 10.0. The Labute approximate surface area is 172 Å². The van der Waals surface area contributed by atoms with E-state index in [9.17, 15) is 26.8 Å². The van der Waals surface area contributed by atoms with E-state index in [2.05, 4.69) is 4.72 Å². The number of benzene rings is 2. The minimum atomic E-state index is -4.22. The van der Waals surface area contributed by atoms with Crippen molar-refractivity contribution in [3.8, 4) is 0 Å². The maximum absolute atomic E-state index is 13.6. The van der Waals surface area contributed by atoms with Gasteiger partial charge in [0, 0.05) is 24.7 Å². The van der Waals surface area contributed by atoms with Gasteiger partial charge in [-0.3, -0.25) is 9.59 Å². The third-order valence-corrected chi connectivity index (χ3v) is 6.35. The Kier molecular flexibility index (Phi) is 5.91. The molecule has 0 fully saturated rings. The predicted molar refractivity (Wildman–Crippen MR) is 104 cm³/mol. The summed E-state index contributed by atoms with van der Waals surface area (Å²) in [6.45, 7) is 3.27. The van der Waals surface area contributed by atoms with Crippen LogP contribution in [0.15, 0.2) is 41.3 Å². The summed E-state index contributed by atoms with van der Waals surface area (Å²) >= 11 is 0. The molecule has 10 heteroatoms. The number of amides is 1. The molecule has 0 aromatic heterocycles. The van der Waals surface area contributed by atoms with Crippen molar-refractivity contribution in [2.24, 2.45) is 0 Å². The molecule has 7 nitrogen and oxygen atoms in total. The zero-order chi connectivity index (χ0) is 22.2. The number of nitrogens with zero attached hydrogens (tertiary/aromatic N) is 1. The van der Waals surface area contributed by atoms with Crippen LogP contribution >= 0.6 is 0 Å². The van der Waals surface area contributed by atoms with Crippen LogP contribution in [0.5, 0.6) is 0 Å². The van der Waals surface area contributed by atoms with Crippen LogP contribution in [-0.4, -0.2) is 31.4 Å². The molecule has 0 radical (unpaired) electrons. The topological polar surface area (TPSA) is 104 Å². The lowest BCUT2D eigenvalue weighted by molar-refractivity contribution is -0.137. The number of aliphatic carboxylic acids is 1. The molecule has 0 saturated carbocycles. The van der Waals surface area contributed by atoms with Gasteiger partial charge >= 0.3 is 5.97 Å². The van der Waals surface area contributed by atoms with Gasteiger partial charge in [0.1, 0.15) is 11.6 Å². The second-order valence-corrected chi connectivity index (χ2v) is 8.92. The maximum atomic E-state index is 13.6. The van der Waals surface area contributed by atoms with E-state index in [0.717, 1.165) is 12.1 Å². The first kappa shape index (κ1) is 21.8. The predicted octanol–water partition coefficient (Wildman–Crippen LogP) is 2.76. The molecule has 0 unspecified atom stereocenters. The van der Waals surface area contributed by atoms with E-state index >= 15 is 0 Å². The van der Waals surface area contributed by atoms with Crippen LogP contribution in [0.1, 0.15) is 37.4 Å². The highest BCUT2D eigenvalue weighted by Crippen LogP contribution is 2.34. The van der Waals surface area contributed by atoms with Crippen molar-refractivity contribution < 1.29 is 31.9 Å². The molecule has 1 amide bonds. The highest BCUT2D eigenvalue weighted by Gasteiger charge is 2.31. The van der Waals surface area contributed by atoms with E-state index in [1.807, 2.05) is 6.92 Å². The number of rotatable bonds is 6. The van der Waals surface area contributed by atoms with Crippen LogP contribution in [0.4, 0.5) is 14.5 Å². The summed E-state index contributed by atoms with van der Waals surface area (Å²) < 4.78 is 55.2. The number of carbonyl (C=O) groups is 2. The van der Waals surface area contributed by atoms with Gasteiger partial charge in [-0.2, -0.15) is 0 Å². The number of nitrogens with one attached hydrogen (secondary N) is 1. The minimum absolute atomic E-state index is 0.126. The second-order valence-electron chi connectivity index (χ2n) is 7.21. The summed E-state index contributed by atoms with van der Waals surface area (Å²) in [5.74, 6) is -3.40. The van der Waals surface area contributed by atoms with Crippen LogP contribution in [0.25, 0.3) is 0 Å². The average molecular weight is 438 g/mol. The van der Waals surface area contributed by atoms with Crippen LogP contribution in [-0.2, 0) is 26.0 Å². The smallest absolute Gasteiger partial charge is 0.305 e. The SMILES string of the molecule is CC(=O)N1c2ccc(S(=O)(=O)N[C@@H](CC(=O)O)c3cc(F)cc(F)c3)cc2C[C@@H]1C. The van der Waals surface area contributed by atoms with E-state index in [1.54, 1.807) is 4.90 Å². The fraction of sp³-hybridized carbons (Fsp3) is 0.300. The zero-order valence-electron chi connectivity index (χ0n) is 16.2. The normalized spacial score (nSPS) is 16.9. The molecule has 0 saturated heterocycles. The lowest BCUT2D eigenvalue weighted by Crippen LogP contribution is -2.33. The van der Waals surface area contributed by atoms with Crippen molar-refractivity contribution in [1.29, 1.82) is 0 Å². The first-order chi connectivity index (χ1) is 14.0. The van der Waals surface area contributed by atoms with Gasteiger partial charge in [0.05, 0.1) is 17.4 Å². The molecule has 1 heterocycles. The standard InChI is InChI=1S/C20H20F2N2O5S/c1-11-5-14-8-17(3-4-19(14)24(11)12(2)25)30(28,29)23-18(10-20(26)27)13-6-15(21)9-16(22)7-13/h3-4,6-9,11,18,23H,5,10H2,1-2H3,(H,26,27)/t11-,18-/m0/s1. The Balaban J connectivity index is 1.95. The molecular formula is C20H20F2N2O5S. The molecule has 160 valence electrons. The van der Waals surface area contributed by atoms with Gasteiger partial charge in [-0.15, -0.1) is 0 Å². The Hall–Kier alpha value is -2.85. The third-order valence-electron chi connectivity index (χ3n) is 4.88. The highest BCUT2D eigenvalue weighted by molar-refractivity contribution is 7.89. The molecule has 0 bridgehead atoms. The minimum Gasteiger partial charge on any atom is -0.481 e. The monoisotopic (exact) mass is 438 g/mol. The molecule has 30 heavy (non-hydrogen) atoms. The molecule has 2 aromatic rings. The molecule has 2 aromatic carbocycles. The fourth-order valence-corrected chi connectivity index (χ4v) is 4.96. The van der Waals surface area contributed by atoms with Crippen LogP contribution in [0.3, 0.4) is 0 Å². The van der Waals surface area contributed by atoms with Crippen molar-refractivity contribution in [3.05, 3.63) is 59.2 Å². The number of hydrogen-bond donors (Lipinski definition) is 2. The van der Waals surface area contributed by atoms with Gasteiger partial charge in [-0.1, -0.05) is 0 Å². The number of carbonyl (C=O) groups excluding carboxylic acids is 1. The number of halogens is 2. The summed E-state index contributed by atoms with van der Waals surface area (Å²) in [4.78, 5) is 24.5. The first-order valence-electron chi connectivity index (χ1n) is 9.11. The summed E-state index contributed by atoms with van der Waals surface area (Å²) in [6, 6.07) is 5.11. The van der Waals surface area contributed by atoms with Crippen molar-refractivity contribution in [2.75, 3.05) is 4.90 Å². The van der Waals surface area contributed by atoms with Gasteiger partial charge in [0.15, 0.2) is 0 Å². The number of sulfonamides is 1. The van der Waals surface area contributed by atoms with Crippen LogP contribution < -0.4 is 9.62 Å². The van der Waals surface area contributed by atoms with Gasteiger partial charge in [0.25, 0.3) is 0 Å². The molecule has 1 aliphatic heterocycles. The molecule has 3 rings (SSSR count). The van der Waals surface area contributed by atoms with E-state index in [-0.39, 0.29) is 22.4 Å². The molecule has 0 aliphatic carbocycles. The van der Waals surface area contributed by atoms with Crippen molar-refractivity contribution in [1.82, 2.24) is 4.72 Å². The van der Waals surface area contributed by atoms with Gasteiger partial charge < -0.3 is 10.0 Å². The average Bonchev–Trinajstić information content (AvgIpc) is 2.94. The fourth-order valence-electron chi connectivity index (χ4n) is 3.69. The van der Waals surface area contributed by atoms with Gasteiger partial charge in [-0.05, 0) is 54.8 Å². The summed E-state index contributed by atoms with van der Waals surface area (Å²) in [5.41, 5.74) is 1.13. The number of hydrogen-bond acceptors (Lipinski definition) is 4. The first-order valence-corrected chi connectivity index (χ1v) is 10.6. The zero-order valence-corrected chi connectivity index (χ0v) is 17.0. The summed E-state index contributed by atoms with van der Waals surface area (Å²) in [5, 5.41) is 9.13. The van der Waals surface area contributed by atoms with E-state index < -0.39 is 40.1 Å². The molecule has 1 aliphatic rings. The van der Waals surface area contributed by atoms with Crippen LogP contribution in [0.2, 0.25) is 0 Å². The summed E-state index contributed by atoms with van der Waals surface area (Å²) in [7, 11) is -4.22. The van der Waals surface area contributed by atoms with Crippen molar-refractivity contribution in [2.45, 2.75) is 43.7 Å². The summed E-state index contributed by atoms with van der Waals surface area (Å²) in [6.07, 6.45) is -0.242. The second kappa shape index (κ2) is 8.11. The van der Waals surface area contributed by atoms with E-state index in [4.69, 9.17) is 5.11 Å². The Morgan fingerprint density at radius 1 is 1.20 bits per heavy atom. The number of fused-ring (bicyclic) bond motifs is 1. The Morgan fingerprint density at radius 2 is 1.83 bits per heavy atom. The molecule has 0 spiro atoms. The molecule has 2 atom stereocenters. The van der Waals surface area contributed by atoms with E-state index in [1.165, 1.54) is 25.1 Å². The molecular weight excluding hydrogens is 418 g/mol. The van der Waals surface area contributed by atoms with E-state index in [0.29, 0.717) is 23.7 Å².